The van der Waals surface area contributed by atoms with Crippen LogP contribution in [0.2, 0.25) is 0 Å². The second-order valence-electron chi connectivity index (χ2n) is 5.03. The predicted octanol–water partition coefficient (Wildman–Crippen LogP) is 1.85. The molecule has 0 radical (unpaired) electrons. The molecular formula is C16H19N3O3S. The molecule has 7 heteroatoms. The lowest BCUT2D eigenvalue weighted by Crippen LogP contribution is -2.22. The molecule has 0 unspecified atom stereocenters. The molecule has 23 heavy (non-hydrogen) atoms. The van der Waals surface area contributed by atoms with Gasteiger partial charge >= 0.3 is 0 Å². The van der Waals surface area contributed by atoms with Gasteiger partial charge in [-0.15, -0.1) is 0 Å². The molecule has 1 aromatic carbocycles. The lowest BCUT2D eigenvalue weighted by atomic mass is 10.1. The average molecular weight is 333 g/mol. The molecule has 0 saturated heterocycles. The summed E-state index contributed by atoms with van der Waals surface area (Å²) >= 11 is 0. The zero-order valence-electron chi connectivity index (χ0n) is 13.0. The van der Waals surface area contributed by atoms with Crippen molar-refractivity contribution in [1.82, 2.24) is 10.3 Å². The standard InChI is InChI=1S/C16H19N3O3S/c1-3-17-16(20)13-8-6-12(7-9-13)11-19-15-14(23(2,21)22)5-4-10-18-15/h4-10H,3,11H2,1-2H3,(H,17,20)(H,18,19). The molecule has 6 nitrogen and oxygen atoms in total. The number of benzene rings is 1. The minimum absolute atomic E-state index is 0.115. The Balaban J connectivity index is 2.09. The van der Waals surface area contributed by atoms with E-state index in [-0.39, 0.29) is 10.8 Å². The highest BCUT2D eigenvalue weighted by Gasteiger charge is 2.13. The highest BCUT2D eigenvalue weighted by Crippen LogP contribution is 2.18. The zero-order chi connectivity index (χ0) is 16.9. The molecule has 0 fully saturated rings. The Kier molecular flexibility index (Phi) is 5.33. The highest BCUT2D eigenvalue weighted by atomic mass is 32.2. The van der Waals surface area contributed by atoms with E-state index in [1.54, 1.807) is 18.2 Å². The quantitative estimate of drug-likeness (QED) is 0.842. The maximum absolute atomic E-state index is 11.7. The lowest BCUT2D eigenvalue weighted by Gasteiger charge is -2.10. The van der Waals surface area contributed by atoms with E-state index < -0.39 is 9.84 Å². The van der Waals surface area contributed by atoms with Crippen LogP contribution in [0.25, 0.3) is 0 Å². The first-order valence-corrected chi connectivity index (χ1v) is 9.07. The number of sulfone groups is 1. The number of nitrogens with zero attached hydrogens (tertiary/aromatic N) is 1. The van der Waals surface area contributed by atoms with Gasteiger partial charge in [-0.05, 0) is 36.8 Å². The van der Waals surface area contributed by atoms with Crippen molar-refractivity contribution in [2.24, 2.45) is 0 Å². The molecule has 0 aliphatic heterocycles. The molecular weight excluding hydrogens is 314 g/mol. The van der Waals surface area contributed by atoms with Crippen LogP contribution < -0.4 is 10.6 Å². The maximum Gasteiger partial charge on any atom is 0.251 e. The van der Waals surface area contributed by atoms with E-state index in [2.05, 4.69) is 15.6 Å². The number of amides is 1. The summed E-state index contributed by atoms with van der Waals surface area (Å²) in [4.78, 5) is 15.9. The van der Waals surface area contributed by atoms with Gasteiger partial charge in [-0.2, -0.15) is 0 Å². The summed E-state index contributed by atoms with van der Waals surface area (Å²) < 4.78 is 23.4. The Bertz CT molecular complexity index is 786. The van der Waals surface area contributed by atoms with Crippen LogP contribution in [-0.4, -0.2) is 32.1 Å². The van der Waals surface area contributed by atoms with Crippen LogP contribution in [0, 0.1) is 0 Å². The molecule has 0 spiro atoms. The van der Waals surface area contributed by atoms with Gasteiger partial charge in [0.2, 0.25) is 0 Å². The van der Waals surface area contributed by atoms with E-state index in [4.69, 9.17) is 0 Å². The molecule has 0 atom stereocenters. The molecule has 2 rings (SSSR count). The zero-order valence-corrected chi connectivity index (χ0v) is 13.9. The normalized spacial score (nSPS) is 11.0. The van der Waals surface area contributed by atoms with Crippen LogP contribution >= 0.6 is 0 Å². The summed E-state index contributed by atoms with van der Waals surface area (Å²) in [6.45, 7) is 2.85. The van der Waals surface area contributed by atoms with Crippen LogP contribution in [0.5, 0.6) is 0 Å². The van der Waals surface area contributed by atoms with E-state index in [9.17, 15) is 13.2 Å². The summed E-state index contributed by atoms with van der Waals surface area (Å²) in [5.74, 6) is 0.207. The predicted molar refractivity (Wildman–Crippen MR) is 89.1 cm³/mol. The Labute approximate surface area is 135 Å². The molecule has 2 N–H and O–H groups in total. The third kappa shape index (κ3) is 4.53. The summed E-state index contributed by atoms with van der Waals surface area (Å²) in [5.41, 5.74) is 1.51. The van der Waals surface area contributed by atoms with Gasteiger partial charge in [0.25, 0.3) is 5.91 Å². The largest absolute Gasteiger partial charge is 0.365 e. The van der Waals surface area contributed by atoms with Crippen molar-refractivity contribution in [3.05, 3.63) is 53.7 Å². The summed E-state index contributed by atoms with van der Waals surface area (Å²) in [7, 11) is -3.34. The molecule has 1 aromatic heterocycles. The molecule has 1 amide bonds. The highest BCUT2D eigenvalue weighted by molar-refractivity contribution is 7.90. The summed E-state index contributed by atoms with van der Waals surface area (Å²) in [5, 5.41) is 5.75. The number of hydrogen-bond acceptors (Lipinski definition) is 5. The minimum atomic E-state index is -3.34. The van der Waals surface area contributed by atoms with E-state index in [0.717, 1.165) is 11.8 Å². The Morgan fingerprint density at radius 1 is 1.17 bits per heavy atom. The first kappa shape index (κ1) is 17.0. The molecule has 0 bridgehead atoms. The van der Waals surface area contributed by atoms with Crippen molar-refractivity contribution in [3.63, 3.8) is 0 Å². The van der Waals surface area contributed by atoms with Gasteiger partial charge in [-0.3, -0.25) is 4.79 Å². The third-order valence-electron chi connectivity index (χ3n) is 3.18. The third-order valence-corrected chi connectivity index (χ3v) is 4.31. The fourth-order valence-corrected chi connectivity index (χ4v) is 2.85. The van der Waals surface area contributed by atoms with Crippen LogP contribution in [-0.2, 0) is 16.4 Å². The van der Waals surface area contributed by atoms with Gasteiger partial charge in [0.1, 0.15) is 10.7 Å². The van der Waals surface area contributed by atoms with Crippen molar-refractivity contribution in [1.29, 1.82) is 0 Å². The minimum Gasteiger partial charge on any atom is -0.365 e. The van der Waals surface area contributed by atoms with Crippen LogP contribution in [0.3, 0.4) is 0 Å². The Hall–Kier alpha value is -2.41. The first-order chi connectivity index (χ1) is 10.9. The second-order valence-corrected chi connectivity index (χ2v) is 7.02. The fraction of sp³-hybridized carbons (Fsp3) is 0.250. The van der Waals surface area contributed by atoms with E-state index in [1.807, 2.05) is 19.1 Å². The number of rotatable bonds is 6. The van der Waals surface area contributed by atoms with Gasteiger partial charge in [-0.25, -0.2) is 13.4 Å². The topological polar surface area (TPSA) is 88.2 Å². The molecule has 2 aromatic rings. The number of carbonyl (C=O) groups is 1. The number of anilines is 1. The Morgan fingerprint density at radius 3 is 2.48 bits per heavy atom. The fourth-order valence-electron chi connectivity index (χ4n) is 2.04. The number of aromatic nitrogens is 1. The SMILES string of the molecule is CCNC(=O)c1ccc(CNc2ncccc2S(C)(=O)=O)cc1. The van der Waals surface area contributed by atoms with Crippen molar-refractivity contribution in [3.8, 4) is 0 Å². The van der Waals surface area contributed by atoms with Crippen molar-refractivity contribution in [2.75, 3.05) is 18.1 Å². The van der Waals surface area contributed by atoms with Crippen LogP contribution in [0.1, 0.15) is 22.8 Å². The Morgan fingerprint density at radius 2 is 1.87 bits per heavy atom. The molecule has 1 heterocycles. The van der Waals surface area contributed by atoms with Crippen molar-refractivity contribution in [2.45, 2.75) is 18.4 Å². The molecule has 122 valence electrons. The second kappa shape index (κ2) is 7.23. The molecule has 0 aliphatic carbocycles. The van der Waals surface area contributed by atoms with Crippen molar-refractivity contribution >= 4 is 21.6 Å². The monoisotopic (exact) mass is 333 g/mol. The van der Waals surface area contributed by atoms with Crippen LogP contribution in [0.4, 0.5) is 5.82 Å². The summed E-state index contributed by atoms with van der Waals surface area (Å²) in [6, 6.07) is 10.2. The number of nitrogens with one attached hydrogen (secondary N) is 2. The number of pyridine rings is 1. The number of hydrogen-bond donors (Lipinski definition) is 2. The van der Waals surface area contributed by atoms with Gasteiger partial charge in [0.05, 0.1) is 0 Å². The van der Waals surface area contributed by atoms with E-state index in [0.29, 0.717) is 24.5 Å². The lowest BCUT2D eigenvalue weighted by molar-refractivity contribution is 0.0956. The summed E-state index contributed by atoms with van der Waals surface area (Å²) in [6.07, 6.45) is 2.69. The smallest absolute Gasteiger partial charge is 0.251 e. The van der Waals surface area contributed by atoms with E-state index >= 15 is 0 Å². The first-order valence-electron chi connectivity index (χ1n) is 7.18. The van der Waals surface area contributed by atoms with Gasteiger partial charge < -0.3 is 10.6 Å². The van der Waals surface area contributed by atoms with Crippen molar-refractivity contribution < 1.29 is 13.2 Å². The van der Waals surface area contributed by atoms with Gasteiger partial charge in [0, 0.05) is 31.1 Å². The molecule has 0 saturated carbocycles. The average Bonchev–Trinajstić information content (AvgIpc) is 2.53. The van der Waals surface area contributed by atoms with E-state index in [1.165, 1.54) is 12.3 Å². The van der Waals surface area contributed by atoms with Crippen LogP contribution in [0.15, 0.2) is 47.5 Å². The van der Waals surface area contributed by atoms with Gasteiger partial charge in [-0.1, -0.05) is 12.1 Å². The maximum atomic E-state index is 11.7. The molecule has 0 aliphatic rings. The van der Waals surface area contributed by atoms with Gasteiger partial charge in [0.15, 0.2) is 9.84 Å². The number of carbonyl (C=O) groups excluding carboxylic acids is 1.